The van der Waals surface area contributed by atoms with Crippen LogP contribution in [0, 0.1) is 0 Å². The second-order valence-corrected chi connectivity index (χ2v) is 6.74. The minimum Gasteiger partial charge on any atom is -0.350 e. The number of amides is 3. The van der Waals surface area contributed by atoms with Gasteiger partial charge in [-0.1, -0.05) is 12.8 Å². The van der Waals surface area contributed by atoms with E-state index >= 15 is 0 Å². The molecular formula is C18H24N4O3. The maximum atomic E-state index is 12.2. The van der Waals surface area contributed by atoms with Gasteiger partial charge in [0.05, 0.1) is 12.5 Å². The molecule has 0 spiro atoms. The van der Waals surface area contributed by atoms with Gasteiger partial charge in [-0.2, -0.15) is 0 Å². The van der Waals surface area contributed by atoms with Gasteiger partial charge in [-0.05, 0) is 37.1 Å². The van der Waals surface area contributed by atoms with E-state index in [4.69, 9.17) is 0 Å². The predicted octanol–water partition coefficient (Wildman–Crippen LogP) is 1.37. The molecule has 0 radical (unpaired) electrons. The zero-order valence-corrected chi connectivity index (χ0v) is 14.3. The largest absolute Gasteiger partial charge is 0.350 e. The van der Waals surface area contributed by atoms with Crippen molar-refractivity contribution in [3.8, 4) is 0 Å². The van der Waals surface area contributed by atoms with Crippen LogP contribution in [0.1, 0.15) is 39.0 Å². The van der Waals surface area contributed by atoms with Crippen molar-refractivity contribution in [1.82, 2.24) is 10.6 Å². The van der Waals surface area contributed by atoms with Crippen LogP contribution >= 0.6 is 0 Å². The number of hydrogen-bond donors (Lipinski definition) is 4. The van der Waals surface area contributed by atoms with Gasteiger partial charge in [0.15, 0.2) is 0 Å². The van der Waals surface area contributed by atoms with Crippen LogP contribution in [0.25, 0.3) is 0 Å². The highest BCUT2D eigenvalue weighted by Crippen LogP contribution is 2.22. The van der Waals surface area contributed by atoms with Gasteiger partial charge < -0.3 is 21.3 Å². The Morgan fingerprint density at radius 3 is 2.28 bits per heavy atom. The quantitative estimate of drug-likeness (QED) is 0.663. The average molecular weight is 344 g/mol. The van der Waals surface area contributed by atoms with Crippen LogP contribution in [0.2, 0.25) is 0 Å². The Morgan fingerprint density at radius 1 is 1.04 bits per heavy atom. The Kier molecular flexibility index (Phi) is 5.33. The maximum Gasteiger partial charge on any atom is 0.237 e. The van der Waals surface area contributed by atoms with E-state index in [0.29, 0.717) is 11.4 Å². The van der Waals surface area contributed by atoms with Crippen LogP contribution in [-0.4, -0.2) is 35.8 Å². The lowest BCUT2D eigenvalue weighted by Crippen LogP contribution is -2.65. The smallest absolute Gasteiger partial charge is 0.237 e. The number of benzene rings is 1. The summed E-state index contributed by atoms with van der Waals surface area (Å²) in [6.07, 6.45) is 4.44. The second kappa shape index (κ2) is 7.65. The summed E-state index contributed by atoms with van der Waals surface area (Å²) < 4.78 is 0. The fourth-order valence-electron chi connectivity index (χ4n) is 3.51. The molecule has 1 aliphatic carbocycles. The van der Waals surface area contributed by atoms with E-state index in [0.717, 1.165) is 25.7 Å². The number of hydrogen-bond acceptors (Lipinski definition) is 4. The van der Waals surface area contributed by atoms with E-state index in [1.165, 1.54) is 6.92 Å². The molecule has 7 heteroatoms. The summed E-state index contributed by atoms with van der Waals surface area (Å²) in [5, 5.41) is 11.8. The van der Waals surface area contributed by atoms with Gasteiger partial charge in [0.2, 0.25) is 17.7 Å². The Balaban J connectivity index is 1.53. The van der Waals surface area contributed by atoms with Gasteiger partial charge in [0.25, 0.3) is 0 Å². The molecule has 1 aliphatic heterocycles. The van der Waals surface area contributed by atoms with Crippen LogP contribution in [0.3, 0.4) is 0 Å². The van der Waals surface area contributed by atoms with Crippen molar-refractivity contribution >= 4 is 29.1 Å². The van der Waals surface area contributed by atoms with Gasteiger partial charge in [0, 0.05) is 30.4 Å². The molecule has 1 aromatic carbocycles. The van der Waals surface area contributed by atoms with Crippen LogP contribution in [0.4, 0.5) is 11.4 Å². The van der Waals surface area contributed by atoms with Crippen molar-refractivity contribution in [3.63, 3.8) is 0 Å². The van der Waals surface area contributed by atoms with Crippen molar-refractivity contribution < 1.29 is 14.4 Å². The van der Waals surface area contributed by atoms with Gasteiger partial charge in [0.1, 0.15) is 0 Å². The summed E-state index contributed by atoms with van der Waals surface area (Å²) in [5.41, 5.74) is 1.30. The van der Waals surface area contributed by atoms with Crippen LogP contribution < -0.4 is 21.3 Å². The molecule has 0 bridgehead atoms. The van der Waals surface area contributed by atoms with Crippen molar-refractivity contribution in [1.29, 1.82) is 0 Å². The first-order valence-electron chi connectivity index (χ1n) is 8.75. The van der Waals surface area contributed by atoms with Crippen LogP contribution in [0.5, 0.6) is 0 Å². The molecule has 3 rings (SSSR count). The number of carbonyl (C=O) groups is 3. The monoisotopic (exact) mass is 344 g/mol. The maximum absolute atomic E-state index is 12.2. The van der Waals surface area contributed by atoms with Gasteiger partial charge >= 0.3 is 0 Å². The summed E-state index contributed by atoms with van der Waals surface area (Å²) in [6, 6.07) is 6.84. The Bertz CT molecular complexity index is 659. The van der Waals surface area contributed by atoms with E-state index in [9.17, 15) is 14.4 Å². The molecule has 0 unspecified atom stereocenters. The molecule has 0 aromatic heterocycles. The number of nitrogens with one attached hydrogen (secondary N) is 4. The third-order valence-electron chi connectivity index (χ3n) is 4.70. The van der Waals surface area contributed by atoms with E-state index in [-0.39, 0.29) is 36.2 Å². The van der Waals surface area contributed by atoms with Crippen LogP contribution in [0.15, 0.2) is 24.3 Å². The number of piperazine rings is 1. The molecule has 1 saturated heterocycles. The average Bonchev–Trinajstić information content (AvgIpc) is 2.57. The van der Waals surface area contributed by atoms with Gasteiger partial charge in [-0.3, -0.25) is 14.4 Å². The normalized spacial score (nSPS) is 25.5. The molecule has 134 valence electrons. The lowest BCUT2D eigenvalue weighted by Gasteiger charge is -2.40. The lowest BCUT2D eigenvalue weighted by atomic mass is 9.87. The first-order valence-corrected chi connectivity index (χ1v) is 8.75. The number of rotatable bonds is 4. The Morgan fingerprint density at radius 2 is 1.64 bits per heavy atom. The van der Waals surface area contributed by atoms with Crippen molar-refractivity contribution in [2.75, 3.05) is 10.6 Å². The second-order valence-electron chi connectivity index (χ2n) is 6.74. The zero-order chi connectivity index (χ0) is 17.8. The highest BCUT2D eigenvalue weighted by atomic mass is 16.2. The van der Waals surface area contributed by atoms with E-state index in [1.54, 1.807) is 24.3 Å². The molecule has 1 saturated carbocycles. The fraction of sp³-hybridized carbons (Fsp3) is 0.500. The molecule has 7 nitrogen and oxygen atoms in total. The molecule has 3 atom stereocenters. The minimum atomic E-state index is -0.488. The van der Waals surface area contributed by atoms with Gasteiger partial charge in [-0.15, -0.1) is 0 Å². The molecule has 2 fully saturated rings. The summed E-state index contributed by atoms with van der Waals surface area (Å²) in [6.45, 7) is 1.44. The minimum absolute atomic E-state index is 0.0979. The third-order valence-corrected chi connectivity index (χ3v) is 4.70. The number of carbonyl (C=O) groups excluding carboxylic acids is 3. The zero-order valence-electron chi connectivity index (χ0n) is 14.3. The summed E-state index contributed by atoms with van der Waals surface area (Å²) >= 11 is 0. The van der Waals surface area contributed by atoms with Crippen LogP contribution in [-0.2, 0) is 14.4 Å². The Hall–Kier alpha value is -2.41. The summed E-state index contributed by atoms with van der Waals surface area (Å²) in [4.78, 5) is 35.4. The Labute approximate surface area is 146 Å². The molecule has 3 amide bonds. The van der Waals surface area contributed by atoms with Crippen molar-refractivity contribution in [2.45, 2.75) is 57.2 Å². The number of fused-ring (bicyclic) bond motifs is 1. The van der Waals surface area contributed by atoms with E-state index in [1.807, 2.05) is 0 Å². The molecule has 1 aromatic rings. The predicted molar refractivity (Wildman–Crippen MR) is 95.1 cm³/mol. The molecule has 2 aliphatic rings. The van der Waals surface area contributed by atoms with E-state index < -0.39 is 6.04 Å². The van der Waals surface area contributed by atoms with Crippen molar-refractivity contribution in [3.05, 3.63) is 24.3 Å². The first kappa shape index (κ1) is 17.4. The topological polar surface area (TPSA) is 99.3 Å². The molecule has 25 heavy (non-hydrogen) atoms. The van der Waals surface area contributed by atoms with Gasteiger partial charge in [-0.25, -0.2) is 0 Å². The third kappa shape index (κ3) is 4.57. The standard InChI is InChI=1S/C18H24N4O3/c1-11(23)19-12-6-8-13(9-7-12)20-17(24)10-16-18(25)22-15-5-3-2-4-14(15)21-16/h6-9,14-16,21H,2-5,10H2,1H3,(H,19,23)(H,20,24)(H,22,25)/t14-,15-,16-/m0/s1. The molecule has 1 heterocycles. The SMILES string of the molecule is CC(=O)Nc1ccc(NC(=O)C[C@@H]2N[C@H]3CCCC[C@@H]3NC2=O)cc1. The van der Waals surface area contributed by atoms with Crippen molar-refractivity contribution in [2.24, 2.45) is 0 Å². The lowest BCUT2D eigenvalue weighted by molar-refractivity contribution is -0.129. The highest BCUT2D eigenvalue weighted by molar-refractivity contribution is 5.96. The summed E-state index contributed by atoms with van der Waals surface area (Å²) in [7, 11) is 0. The molecular weight excluding hydrogens is 320 g/mol. The fourth-order valence-corrected chi connectivity index (χ4v) is 3.51. The first-order chi connectivity index (χ1) is 12.0. The summed E-state index contributed by atoms with van der Waals surface area (Å²) in [5.74, 6) is -0.458. The van der Waals surface area contributed by atoms with E-state index in [2.05, 4.69) is 21.3 Å². The molecule has 4 N–H and O–H groups in total. The number of anilines is 2. The highest BCUT2D eigenvalue weighted by Gasteiger charge is 2.36.